The molecule has 4 saturated heterocycles. The first kappa shape index (κ1) is 21.7. The number of benzene rings is 1. The van der Waals surface area contributed by atoms with Gasteiger partial charge in [-0.05, 0) is 31.5 Å². The lowest BCUT2D eigenvalue weighted by Crippen LogP contribution is -2.66. The van der Waals surface area contributed by atoms with E-state index >= 15 is 0 Å². The second kappa shape index (κ2) is 9.41. The van der Waals surface area contributed by atoms with Crippen LogP contribution in [-0.2, 0) is 9.53 Å². The summed E-state index contributed by atoms with van der Waals surface area (Å²) >= 11 is 1.41. The lowest BCUT2D eigenvalue weighted by Gasteiger charge is -2.51. The highest BCUT2D eigenvalue weighted by Gasteiger charge is 2.49. The zero-order valence-corrected chi connectivity index (χ0v) is 19.3. The van der Waals surface area contributed by atoms with E-state index in [0.717, 1.165) is 68.5 Å². The molecule has 4 fully saturated rings. The molecule has 0 aliphatic carbocycles. The normalized spacial score (nSPS) is 28.9. The van der Waals surface area contributed by atoms with Crippen molar-refractivity contribution in [1.29, 1.82) is 0 Å². The van der Waals surface area contributed by atoms with Gasteiger partial charge in [0, 0.05) is 30.3 Å². The van der Waals surface area contributed by atoms with Gasteiger partial charge in [-0.15, -0.1) is 11.3 Å². The SMILES string of the molecule is O=C(C[N+]12CCC(CC1)[C@@H](OC(=O)C(c1ccccc1)N1CCCCC1)C2)c1nccs1. The van der Waals surface area contributed by atoms with Crippen LogP contribution in [0.2, 0.25) is 0 Å². The van der Waals surface area contributed by atoms with Crippen molar-refractivity contribution in [1.82, 2.24) is 9.88 Å². The van der Waals surface area contributed by atoms with Crippen molar-refractivity contribution in [3.05, 3.63) is 52.5 Å². The molecule has 2 aromatic rings. The van der Waals surface area contributed by atoms with Gasteiger partial charge in [0.1, 0.15) is 19.1 Å². The molecule has 6 nitrogen and oxygen atoms in total. The van der Waals surface area contributed by atoms with Gasteiger partial charge in [0.2, 0.25) is 5.78 Å². The first-order valence-electron chi connectivity index (χ1n) is 11.9. The summed E-state index contributed by atoms with van der Waals surface area (Å²) in [6.45, 7) is 5.06. The maximum absolute atomic E-state index is 13.6. The summed E-state index contributed by atoms with van der Waals surface area (Å²) in [5.41, 5.74) is 1.02. The summed E-state index contributed by atoms with van der Waals surface area (Å²) < 4.78 is 7.00. The predicted octanol–water partition coefficient (Wildman–Crippen LogP) is 3.71. The third-order valence-electron chi connectivity index (χ3n) is 7.55. The molecule has 32 heavy (non-hydrogen) atoms. The van der Waals surface area contributed by atoms with Crippen molar-refractivity contribution >= 4 is 23.1 Å². The lowest BCUT2D eigenvalue weighted by atomic mass is 9.83. The Morgan fingerprint density at radius 2 is 1.88 bits per heavy atom. The number of piperidine rings is 4. The van der Waals surface area contributed by atoms with E-state index in [2.05, 4.69) is 9.88 Å². The molecule has 1 aromatic carbocycles. The molecular formula is C25H32N3O3S+. The van der Waals surface area contributed by atoms with Crippen LogP contribution in [0.4, 0.5) is 0 Å². The van der Waals surface area contributed by atoms with Gasteiger partial charge in [0.15, 0.2) is 11.1 Å². The van der Waals surface area contributed by atoms with Crippen molar-refractivity contribution in [2.75, 3.05) is 39.3 Å². The number of carbonyl (C=O) groups excluding carboxylic acids is 2. The van der Waals surface area contributed by atoms with Gasteiger partial charge in [0.05, 0.1) is 13.1 Å². The standard InChI is InChI=1S/C25H32N3O3S/c29-21(24-26-11-16-32-24)17-28-14-9-19(10-15-28)22(18-28)31-25(30)23(20-7-3-1-4-8-20)27-12-5-2-6-13-27/h1,3-4,7-8,11,16,19,22-23H,2,5-6,9-10,12-15,17-18H2/q+1/t19?,22-,23?,28?/m0/s1. The number of esters is 1. The predicted molar refractivity (Wildman–Crippen MR) is 123 cm³/mol. The van der Waals surface area contributed by atoms with E-state index in [9.17, 15) is 9.59 Å². The van der Waals surface area contributed by atoms with Crippen LogP contribution in [0.3, 0.4) is 0 Å². The van der Waals surface area contributed by atoms with Gasteiger partial charge < -0.3 is 9.22 Å². The van der Waals surface area contributed by atoms with Crippen LogP contribution in [0, 0.1) is 5.92 Å². The van der Waals surface area contributed by atoms with Crippen molar-refractivity contribution < 1.29 is 18.8 Å². The monoisotopic (exact) mass is 454 g/mol. The molecule has 0 N–H and O–H groups in total. The largest absolute Gasteiger partial charge is 0.455 e. The Balaban J connectivity index is 1.31. The summed E-state index contributed by atoms with van der Waals surface area (Å²) in [6.07, 6.45) is 7.10. The summed E-state index contributed by atoms with van der Waals surface area (Å²) in [4.78, 5) is 32.9. The molecule has 170 valence electrons. The third-order valence-corrected chi connectivity index (χ3v) is 8.37. The van der Waals surface area contributed by atoms with Crippen molar-refractivity contribution in [2.24, 2.45) is 5.92 Å². The zero-order valence-electron chi connectivity index (χ0n) is 18.5. The molecule has 4 aliphatic heterocycles. The Hall–Kier alpha value is -2.09. The van der Waals surface area contributed by atoms with Crippen LogP contribution >= 0.6 is 11.3 Å². The molecular weight excluding hydrogens is 422 g/mol. The molecule has 1 unspecified atom stereocenters. The van der Waals surface area contributed by atoms with E-state index in [1.54, 1.807) is 6.20 Å². The molecule has 1 aromatic heterocycles. The van der Waals surface area contributed by atoms with E-state index < -0.39 is 0 Å². The average Bonchev–Trinajstić information content (AvgIpc) is 3.37. The van der Waals surface area contributed by atoms with Gasteiger partial charge in [-0.3, -0.25) is 9.69 Å². The Kier molecular flexibility index (Phi) is 6.40. The molecule has 0 spiro atoms. The number of nitrogens with zero attached hydrogens (tertiary/aromatic N) is 3. The number of aromatic nitrogens is 1. The quantitative estimate of drug-likeness (QED) is 0.363. The summed E-state index contributed by atoms with van der Waals surface area (Å²) in [5.74, 6) is 0.397. The minimum Gasteiger partial charge on any atom is -0.455 e. The highest BCUT2D eigenvalue weighted by atomic mass is 32.1. The number of rotatable bonds is 7. The molecule has 0 radical (unpaired) electrons. The van der Waals surface area contributed by atoms with E-state index in [4.69, 9.17) is 4.74 Å². The molecule has 5 heterocycles. The van der Waals surface area contributed by atoms with E-state index in [1.807, 2.05) is 35.7 Å². The van der Waals surface area contributed by atoms with Crippen LogP contribution in [0.25, 0.3) is 0 Å². The van der Waals surface area contributed by atoms with Gasteiger partial charge in [-0.1, -0.05) is 36.8 Å². The molecule has 4 aliphatic rings. The van der Waals surface area contributed by atoms with Gasteiger partial charge in [-0.2, -0.15) is 0 Å². The number of carbonyl (C=O) groups is 2. The maximum atomic E-state index is 13.6. The maximum Gasteiger partial charge on any atom is 0.328 e. The molecule has 7 heteroatoms. The Labute approximate surface area is 193 Å². The number of quaternary nitrogens is 1. The first-order chi connectivity index (χ1) is 15.6. The zero-order chi connectivity index (χ0) is 22.0. The number of fused-ring (bicyclic) bond motifs is 3. The fourth-order valence-electron chi connectivity index (χ4n) is 5.83. The van der Waals surface area contributed by atoms with Crippen LogP contribution in [0.1, 0.15) is 53.5 Å². The number of Topliss-reactive ketones (excluding diaryl/α,β-unsaturated/α-hetero) is 1. The highest BCUT2D eigenvalue weighted by molar-refractivity contribution is 7.11. The Bertz CT molecular complexity index is 919. The van der Waals surface area contributed by atoms with E-state index in [0.29, 0.717) is 17.5 Å². The summed E-state index contributed by atoms with van der Waals surface area (Å²) in [5, 5.41) is 2.44. The average molecular weight is 455 g/mol. The minimum absolute atomic E-state index is 0.106. The Morgan fingerprint density at radius 3 is 2.56 bits per heavy atom. The van der Waals surface area contributed by atoms with Crippen molar-refractivity contribution in [3.8, 4) is 0 Å². The van der Waals surface area contributed by atoms with E-state index in [1.165, 1.54) is 17.8 Å². The number of hydrogen-bond donors (Lipinski definition) is 0. The summed E-state index contributed by atoms with van der Waals surface area (Å²) in [6, 6.07) is 9.73. The van der Waals surface area contributed by atoms with Crippen LogP contribution < -0.4 is 0 Å². The molecule has 0 saturated carbocycles. The molecule has 2 atom stereocenters. The minimum atomic E-state index is -0.336. The number of ketones is 1. The van der Waals surface area contributed by atoms with Gasteiger partial charge in [-0.25, -0.2) is 9.78 Å². The van der Waals surface area contributed by atoms with Gasteiger partial charge in [0.25, 0.3) is 0 Å². The van der Waals surface area contributed by atoms with Crippen molar-refractivity contribution in [3.63, 3.8) is 0 Å². The first-order valence-corrected chi connectivity index (χ1v) is 12.8. The topological polar surface area (TPSA) is 59.5 Å². The fourth-order valence-corrected chi connectivity index (χ4v) is 6.40. The smallest absolute Gasteiger partial charge is 0.328 e. The lowest BCUT2D eigenvalue weighted by molar-refractivity contribution is -0.938. The number of hydrogen-bond acceptors (Lipinski definition) is 6. The number of ether oxygens (including phenoxy) is 1. The van der Waals surface area contributed by atoms with Crippen molar-refractivity contribution in [2.45, 2.75) is 44.2 Å². The Morgan fingerprint density at radius 1 is 1.12 bits per heavy atom. The number of thiazole rings is 1. The van der Waals surface area contributed by atoms with Gasteiger partial charge >= 0.3 is 5.97 Å². The van der Waals surface area contributed by atoms with Crippen LogP contribution in [0.5, 0.6) is 0 Å². The van der Waals surface area contributed by atoms with E-state index in [-0.39, 0.29) is 23.9 Å². The summed E-state index contributed by atoms with van der Waals surface area (Å²) in [7, 11) is 0. The van der Waals surface area contributed by atoms with Crippen LogP contribution in [0.15, 0.2) is 41.9 Å². The molecule has 2 bridgehead atoms. The molecule has 0 amide bonds. The third kappa shape index (κ3) is 4.51. The fraction of sp³-hybridized carbons (Fsp3) is 0.560. The second-order valence-electron chi connectivity index (χ2n) is 9.61. The molecule has 6 rings (SSSR count). The van der Waals surface area contributed by atoms with Crippen LogP contribution in [-0.4, -0.2) is 71.5 Å². The second-order valence-corrected chi connectivity index (χ2v) is 10.5. The number of likely N-dealkylation sites (tertiary alicyclic amines) is 1. The highest BCUT2D eigenvalue weighted by Crippen LogP contribution is 2.37.